The smallest absolute Gasteiger partial charge is 0.121 e. The summed E-state index contributed by atoms with van der Waals surface area (Å²) in [5.41, 5.74) is 1.02. The Morgan fingerprint density at radius 1 is 1.14 bits per heavy atom. The van der Waals surface area contributed by atoms with Crippen LogP contribution in [-0.4, -0.2) is 5.60 Å². The molecule has 0 bridgehead atoms. The van der Waals surface area contributed by atoms with Gasteiger partial charge in [-0.25, -0.2) is 0 Å². The third kappa shape index (κ3) is 3.25. The third-order valence-corrected chi connectivity index (χ3v) is 1.97. The first kappa shape index (κ1) is 10.8. The van der Waals surface area contributed by atoms with E-state index in [1.807, 2.05) is 45.1 Å². The minimum absolute atomic E-state index is 0.232. The van der Waals surface area contributed by atoms with Crippen LogP contribution in [0.4, 0.5) is 0 Å². The van der Waals surface area contributed by atoms with Crippen molar-refractivity contribution in [2.24, 2.45) is 0 Å². The maximum Gasteiger partial charge on any atom is 0.121 e. The molecule has 1 nitrogen and oxygen atoms in total. The molecule has 0 spiro atoms. The Hall–Kier alpha value is -1.24. The summed E-state index contributed by atoms with van der Waals surface area (Å²) in [6, 6.07) is 8.11. The SMILES string of the molecule is C/C=C/C(C)(C)Oc1ccc(C)cc1. The predicted octanol–water partition coefficient (Wildman–Crippen LogP) is 3.73. The van der Waals surface area contributed by atoms with Gasteiger partial charge in [0.2, 0.25) is 0 Å². The van der Waals surface area contributed by atoms with E-state index >= 15 is 0 Å². The van der Waals surface area contributed by atoms with Gasteiger partial charge in [0.15, 0.2) is 0 Å². The van der Waals surface area contributed by atoms with Crippen molar-refractivity contribution < 1.29 is 4.74 Å². The van der Waals surface area contributed by atoms with E-state index in [0.29, 0.717) is 0 Å². The zero-order valence-electron chi connectivity index (χ0n) is 9.37. The molecule has 0 saturated heterocycles. The van der Waals surface area contributed by atoms with E-state index < -0.39 is 0 Å². The van der Waals surface area contributed by atoms with E-state index in [1.54, 1.807) is 0 Å². The summed E-state index contributed by atoms with van der Waals surface area (Å²) in [6.07, 6.45) is 4.06. The zero-order valence-corrected chi connectivity index (χ0v) is 9.37. The average molecular weight is 190 g/mol. The molecule has 0 aliphatic rings. The van der Waals surface area contributed by atoms with E-state index in [9.17, 15) is 0 Å². The van der Waals surface area contributed by atoms with Crippen LogP contribution < -0.4 is 4.74 Å². The Labute approximate surface area is 86.4 Å². The number of benzene rings is 1. The Balaban J connectivity index is 2.73. The van der Waals surface area contributed by atoms with Crippen LogP contribution in [-0.2, 0) is 0 Å². The summed E-state index contributed by atoms with van der Waals surface area (Å²) in [4.78, 5) is 0. The largest absolute Gasteiger partial charge is 0.484 e. The summed E-state index contributed by atoms with van der Waals surface area (Å²) >= 11 is 0. The van der Waals surface area contributed by atoms with Crippen molar-refractivity contribution in [2.75, 3.05) is 0 Å². The van der Waals surface area contributed by atoms with E-state index in [4.69, 9.17) is 4.74 Å². The highest BCUT2D eigenvalue weighted by Crippen LogP contribution is 2.19. The minimum atomic E-state index is -0.232. The lowest BCUT2D eigenvalue weighted by molar-refractivity contribution is 0.162. The monoisotopic (exact) mass is 190 g/mol. The van der Waals surface area contributed by atoms with Crippen LogP contribution in [0, 0.1) is 6.92 Å². The van der Waals surface area contributed by atoms with E-state index in [0.717, 1.165) is 5.75 Å². The minimum Gasteiger partial charge on any atom is -0.484 e. The van der Waals surface area contributed by atoms with Gasteiger partial charge in [-0.1, -0.05) is 23.8 Å². The van der Waals surface area contributed by atoms with Crippen molar-refractivity contribution in [1.82, 2.24) is 0 Å². The van der Waals surface area contributed by atoms with Gasteiger partial charge in [-0.3, -0.25) is 0 Å². The fourth-order valence-electron chi connectivity index (χ4n) is 1.35. The second-order valence-electron chi connectivity index (χ2n) is 4.02. The molecule has 0 N–H and O–H groups in total. The molecule has 0 fully saturated rings. The Morgan fingerprint density at radius 3 is 2.21 bits per heavy atom. The Kier molecular flexibility index (Phi) is 3.34. The molecule has 0 heterocycles. The lowest BCUT2D eigenvalue weighted by Crippen LogP contribution is -2.24. The van der Waals surface area contributed by atoms with Crippen LogP contribution in [0.1, 0.15) is 26.3 Å². The molecule has 0 atom stereocenters. The Morgan fingerprint density at radius 2 is 1.71 bits per heavy atom. The summed E-state index contributed by atoms with van der Waals surface area (Å²) in [6.45, 7) is 8.17. The number of ether oxygens (including phenoxy) is 1. The summed E-state index contributed by atoms with van der Waals surface area (Å²) in [5.74, 6) is 0.915. The van der Waals surface area contributed by atoms with Gasteiger partial charge >= 0.3 is 0 Å². The van der Waals surface area contributed by atoms with Crippen LogP contribution in [0.2, 0.25) is 0 Å². The number of rotatable bonds is 3. The van der Waals surface area contributed by atoms with Crippen molar-refractivity contribution in [1.29, 1.82) is 0 Å². The fraction of sp³-hybridized carbons (Fsp3) is 0.385. The molecule has 1 heteroatoms. The van der Waals surface area contributed by atoms with Gasteiger partial charge in [-0.05, 0) is 45.9 Å². The van der Waals surface area contributed by atoms with E-state index in [1.165, 1.54) is 5.56 Å². The number of allylic oxidation sites excluding steroid dienone is 1. The molecule has 0 amide bonds. The highest BCUT2D eigenvalue weighted by Gasteiger charge is 2.14. The topological polar surface area (TPSA) is 9.23 Å². The molecule has 0 aliphatic carbocycles. The lowest BCUT2D eigenvalue weighted by atomic mass is 10.1. The van der Waals surface area contributed by atoms with Crippen LogP contribution >= 0.6 is 0 Å². The normalized spacial score (nSPS) is 12.0. The van der Waals surface area contributed by atoms with Crippen molar-refractivity contribution in [3.05, 3.63) is 42.0 Å². The van der Waals surface area contributed by atoms with Crippen LogP contribution in [0.3, 0.4) is 0 Å². The van der Waals surface area contributed by atoms with Crippen LogP contribution in [0.5, 0.6) is 5.75 Å². The molecule has 0 radical (unpaired) electrons. The number of hydrogen-bond donors (Lipinski definition) is 0. The van der Waals surface area contributed by atoms with E-state index in [2.05, 4.69) is 19.1 Å². The molecule has 1 rings (SSSR count). The molecule has 0 unspecified atom stereocenters. The first-order valence-corrected chi connectivity index (χ1v) is 4.93. The maximum atomic E-state index is 5.81. The molecule has 0 aliphatic heterocycles. The molecule has 1 aromatic rings. The second kappa shape index (κ2) is 4.32. The number of hydrogen-bond acceptors (Lipinski definition) is 1. The lowest BCUT2D eigenvalue weighted by Gasteiger charge is -2.22. The van der Waals surface area contributed by atoms with Gasteiger partial charge in [0, 0.05) is 0 Å². The van der Waals surface area contributed by atoms with Crippen LogP contribution in [0.15, 0.2) is 36.4 Å². The summed E-state index contributed by atoms with van der Waals surface area (Å²) in [5, 5.41) is 0. The second-order valence-corrected chi connectivity index (χ2v) is 4.02. The predicted molar refractivity (Wildman–Crippen MR) is 60.7 cm³/mol. The molecule has 0 aromatic heterocycles. The maximum absolute atomic E-state index is 5.81. The molecule has 1 aromatic carbocycles. The standard InChI is InChI=1S/C13H18O/c1-5-10-13(3,4)14-12-8-6-11(2)7-9-12/h5-10H,1-4H3/b10-5+. The van der Waals surface area contributed by atoms with Gasteiger partial charge in [0.1, 0.15) is 11.4 Å². The molecular weight excluding hydrogens is 172 g/mol. The van der Waals surface area contributed by atoms with Crippen LogP contribution in [0.25, 0.3) is 0 Å². The molecular formula is C13H18O. The van der Waals surface area contributed by atoms with Gasteiger partial charge < -0.3 is 4.74 Å². The van der Waals surface area contributed by atoms with Crippen molar-refractivity contribution in [3.8, 4) is 5.75 Å². The molecule has 0 saturated carbocycles. The van der Waals surface area contributed by atoms with Gasteiger partial charge in [0.25, 0.3) is 0 Å². The summed E-state index contributed by atoms with van der Waals surface area (Å²) < 4.78 is 5.81. The van der Waals surface area contributed by atoms with Crippen molar-refractivity contribution in [3.63, 3.8) is 0 Å². The summed E-state index contributed by atoms with van der Waals surface area (Å²) in [7, 11) is 0. The first-order chi connectivity index (χ1) is 6.53. The van der Waals surface area contributed by atoms with Gasteiger partial charge in [0.05, 0.1) is 0 Å². The fourth-order valence-corrected chi connectivity index (χ4v) is 1.35. The molecule has 14 heavy (non-hydrogen) atoms. The highest BCUT2D eigenvalue weighted by molar-refractivity contribution is 5.27. The Bertz CT molecular complexity index is 307. The van der Waals surface area contributed by atoms with Crippen molar-refractivity contribution >= 4 is 0 Å². The third-order valence-electron chi connectivity index (χ3n) is 1.97. The average Bonchev–Trinajstić information content (AvgIpc) is 2.08. The van der Waals surface area contributed by atoms with Crippen molar-refractivity contribution in [2.45, 2.75) is 33.3 Å². The van der Waals surface area contributed by atoms with Gasteiger partial charge in [-0.2, -0.15) is 0 Å². The zero-order chi connectivity index (χ0) is 10.6. The quantitative estimate of drug-likeness (QED) is 0.660. The van der Waals surface area contributed by atoms with Gasteiger partial charge in [-0.15, -0.1) is 0 Å². The highest BCUT2D eigenvalue weighted by atomic mass is 16.5. The van der Waals surface area contributed by atoms with E-state index in [-0.39, 0.29) is 5.60 Å². The number of aryl methyl sites for hydroxylation is 1. The molecule has 76 valence electrons. The first-order valence-electron chi connectivity index (χ1n) is 4.93.